The minimum atomic E-state index is 0.584. The van der Waals surface area contributed by atoms with Crippen molar-refractivity contribution >= 4 is 0 Å². The summed E-state index contributed by atoms with van der Waals surface area (Å²) < 4.78 is 0. The van der Waals surface area contributed by atoms with Crippen molar-refractivity contribution in [1.29, 1.82) is 0 Å². The summed E-state index contributed by atoms with van der Waals surface area (Å²) in [4.78, 5) is 2.61. The van der Waals surface area contributed by atoms with Crippen LogP contribution in [0, 0.1) is 5.92 Å². The molecule has 1 N–H and O–H groups in total. The van der Waals surface area contributed by atoms with Crippen molar-refractivity contribution in [1.82, 2.24) is 10.2 Å². The predicted octanol–water partition coefficient (Wildman–Crippen LogP) is 1.55. The molecule has 0 aromatic carbocycles. The Hall–Kier alpha value is -0.600. The lowest BCUT2D eigenvalue weighted by atomic mass is 9.83. The first-order chi connectivity index (χ1) is 7.42. The van der Waals surface area contributed by atoms with E-state index in [1.54, 1.807) is 0 Å². The lowest BCUT2D eigenvalue weighted by Crippen LogP contribution is -2.57. The highest BCUT2D eigenvalue weighted by Crippen LogP contribution is 2.28. The van der Waals surface area contributed by atoms with Crippen molar-refractivity contribution < 1.29 is 0 Å². The molecule has 4 rings (SSSR count). The monoisotopic (exact) mass is 204 g/mol. The van der Waals surface area contributed by atoms with Gasteiger partial charge in [0, 0.05) is 18.6 Å². The average Bonchev–Trinajstić information content (AvgIpc) is 2.32. The van der Waals surface area contributed by atoms with E-state index in [1.807, 2.05) is 0 Å². The summed E-state index contributed by atoms with van der Waals surface area (Å²) in [6.07, 6.45) is 12.9. The van der Waals surface area contributed by atoms with Crippen LogP contribution in [0.15, 0.2) is 24.3 Å². The minimum Gasteiger partial charge on any atom is -0.306 e. The SMILES string of the molecule is C1=CCC(N[C@H]2CN3CCC2CC3)C=C1. The maximum Gasteiger partial charge on any atom is 0.0290 e. The molecule has 82 valence electrons. The summed E-state index contributed by atoms with van der Waals surface area (Å²) in [6, 6.07) is 1.33. The fourth-order valence-corrected chi connectivity index (χ4v) is 3.13. The third kappa shape index (κ3) is 2.01. The molecule has 2 atom stereocenters. The van der Waals surface area contributed by atoms with Gasteiger partial charge in [0.15, 0.2) is 0 Å². The van der Waals surface area contributed by atoms with Crippen LogP contribution in [0.5, 0.6) is 0 Å². The molecular formula is C13H20N2. The van der Waals surface area contributed by atoms with Crippen molar-refractivity contribution in [3.8, 4) is 0 Å². The summed E-state index contributed by atoms with van der Waals surface area (Å²) in [7, 11) is 0. The summed E-state index contributed by atoms with van der Waals surface area (Å²) in [6.45, 7) is 3.95. The molecule has 0 radical (unpaired) electrons. The number of rotatable bonds is 2. The number of nitrogens with one attached hydrogen (secondary N) is 1. The maximum absolute atomic E-state index is 3.81. The van der Waals surface area contributed by atoms with Gasteiger partial charge in [0.05, 0.1) is 0 Å². The van der Waals surface area contributed by atoms with Crippen LogP contribution in [0.25, 0.3) is 0 Å². The Balaban J connectivity index is 1.59. The Bertz CT molecular complexity index is 274. The second-order valence-corrected chi connectivity index (χ2v) is 5.07. The van der Waals surface area contributed by atoms with Crippen LogP contribution >= 0.6 is 0 Å². The van der Waals surface area contributed by atoms with Gasteiger partial charge < -0.3 is 10.2 Å². The van der Waals surface area contributed by atoms with Crippen molar-refractivity contribution in [2.24, 2.45) is 5.92 Å². The van der Waals surface area contributed by atoms with Crippen LogP contribution in [-0.4, -0.2) is 36.6 Å². The molecular weight excluding hydrogens is 184 g/mol. The molecule has 0 saturated carbocycles. The lowest BCUT2D eigenvalue weighted by molar-refractivity contribution is 0.0697. The first-order valence-electron chi connectivity index (χ1n) is 6.23. The van der Waals surface area contributed by atoms with Gasteiger partial charge >= 0.3 is 0 Å². The molecule has 3 saturated heterocycles. The number of allylic oxidation sites excluding steroid dienone is 2. The molecule has 1 aliphatic carbocycles. The molecule has 4 aliphatic rings. The number of fused-ring (bicyclic) bond motifs is 3. The molecule has 2 bridgehead atoms. The van der Waals surface area contributed by atoms with E-state index in [-0.39, 0.29) is 0 Å². The first kappa shape index (κ1) is 9.61. The fraction of sp³-hybridized carbons (Fsp3) is 0.692. The van der Waals surface area contributed by atoms with Crippen LogP contribution in [0.2, 0.25) is 0 Å². The summed E-state index contributed by atoms with van der Waals surface area (Å²) in [5.41, 5.74) is 0. The second kappa shape index (κ2) is 4.11. The van der Waals surface area contributed by atoms with Crippen molar-refractivity contribution in [3.05, 3.63) is 24.3 Å². The number of piperidine rings is 3. The van der Waals surface area contributed by atoms with Crippen molar-refractivity contribution in [2.45, 2.75) is 31.3 Å². The van der Waals surface area contributed by atoms with E-state index >= 15 is 0 Å². The smallest absolute Gasteiger partial charge is 0.0290 e. The summed E-state index contributed by atoms with van der Waals surface area (Å²) in [5, 5.41) is 3.81. The molecule has 2 nitrogen and oxygen atoms in total. The Morgan fingerprint density at radius 1 is 1.13 bits per heavy atom. The highest BCUT2D eigenvalue weighted by molar-refractivity contribution is 5.14. The van der Waals surface area contributed by atoms with E-state index in [9.17, 15) is 0 Å². The van der Waals surface area contributed by atoms with Gasteiger partial charge in [0.25, 0.3) is 0 Å². The second-order valence-electron chi connectivity index (χ2n) is 5.07. The van der Waals surface area contributed by atoms with Crippen LogP contribution in [0.3, 0.4) is 0 Å². The standard InChI is InChI=1S/C13H20N2/c1-2-4-12(5-3-1)14-13-10-15-8-6-11(13)7-9-15/h1-4,11-14H,5-10H2/t12?,13-/m0/s1. The van der Waals surface area contributed by atoms with E-state index in [0.717, 1.165) is 12.0 Å². The Morgan fingerprint density at radius 3 is 2.60 bits per heavy atom. The van der Waals surface area contributed by atoms with Crippen LogP contribution in [0.1, 0.15) is 19.3 Å². The van der Waals surface area contributed by atoms with Crippen LogP contribution in [0.4, 0.5) is 0 Å². The highest BCUT2D eigenvalue weighted by atomic mass is 15.2. The lowest BCUT2D eigenvalue weighted by Gasteiger charge is -2.46. The average molecular weight is 204 g/mol. The van der Waals surface area contributed by atoms with Crippen molar-refractivity contribution in [3.63, 3.8) is 0 Å². The molecule has 3 heterocycles. The number of hydrogen-bond donors (Lipinski definition) is 1. The van der Waals surface area contributed by atoms with Crippen LogP contribution < -0.4 is 5.32 Å². The first-order valence-corrected chi connectivity index (χ1v) is 6.23. The van der Waals surface area contributed by atoms with Gasteiger partial charge in [-0.2, -0.15) is 0 Å². The third-order valence-corrected chi connectivity index (χ3v) is 4.06. The molecule has 0 spiro atoms. The van der Waals surface area contributed by atoms with E-state index in [0.29, 0.717) is 6.04 Å². The Kier molecular flexibility index (Phi) is 2.63. The molecule has 0 aromatic heterocycles. The molecule has 15 heavy (non-hydrogen) atoms. The maximum atomic E-state index is 3.81. The largest absolute Gasteiger partial charge is 0.306 e. The molecule has 0 amide bonds. The van der Waals surface area contributed by atoms with E-state index in [4.69, 9.17) is 0 Å². The quantitative estimate of drug-likeness (QED) is 0.734. The zero-order valence-electron chi connectivity index (χ0n) is 9.23. The Morgan fingerprint density at radius 2 is 2.00 bits per heavy atom. The van der Waals surface area contributed by atoms with Crippen LogP contribution in [-0.2, 0) is 0 Å². The molecule has 2 heteroatoms. The topological polar surface area (TPSA) is 15.3 Å². The third-order valence-electron chi connectivity index (χ3n) is 4.06. The Labute approximate surface area is 92.0 Å². The van der Waals surface area contributed by atoms with E-state index < -0.39 is 0 Å². The number of hydrogen-bond acceptors (Lipinski definition) is 2. The zero-order chi connectivity index (χ0) is 10.1. The molecule has 3 fully saturated rings. The van der Waals surface area contributed by atoms with Gasteiger partial charge in [-0.15, -0.1) is 0 Å². The molecule has 3 aliphatic heterocycles. The van der Waals surface area contributed by atoms with Crippen molar-refractivity contribution in [2.75, 3.05) is 19.6 Å². The highest BCUT2D eigenvalue weighted by Gasteiger charge is 2.34. The normalized spacial score (nSPS) is 43.5. The predicted molar refractivity (Wildman–Crippen MR) is 62.8 cm³/mol. The summed E-state index contributed by atoms with van der Waals surface area (Å²) in [5.74, 6) is 0.939. The van der Waals surface area contributed by atoms with Gasteiger partial charge in [-0.05, 0) is 38.3 Å². The van der Waals surface area contributed by atoms with Gasteiger partial charge in [-0.25, -0.2) is 0 Å². The molecule has 0 aromatic rings. The van der Waals surface area contributed by atoms with E-state index in [1.165, 1.54) is 38.9 Å². The minimum absolute atomic E-state index is 0.584. The van der Waals surface area contributed by atoms with Gasteiger partial charge in [0.2, 0.25) is 0 Å². The van der Waals surface area contributed by atoms with Gasteiger partial charge in [-0.3, -0.25) is 0 Å². The molecule has 1 unspecified atom stereocenters. The zero-order valence-corrected chi connectivity index (χ0v) is 9.23. The van der Waals surface area contributed by atoms with E-state index in [2.05, 4.69) is 34.5 Å². The summed E-state index contributed by atoms with van der Waals surface area (Å²) >= 11 is 0. The number of nitrogens with zero attached hydrogens (tertiary/aromatic N) is 1. The van der Waals surface area contributed by atoms with Gasteiger partial charge in [0.1, 0.15) is 0 Å². The van der Waals surface area contributed by atoms with Gasteiger partial charge in [-0.1, -0.05) is 24.3 Å². The fourth-order valence-electron chi connectivity index (χ4n) is 3.13.